The number of carboxylic acid groups (broad SMARTS) is 1. The van der Waals surface area contributed by atoms with Gasteiger partial charge in [-0.1, -0.05) is 56.3 Å². The van der Waals surface area contributed by atoms with Crippen LogP contribution in [0.3, 0.4) is 0 Å². The molecule has 0 radical (unpaired) electrons. The third-order valence-corrected chi connectivity index (χ3v) is 4.38. The fourth-order valence-electron chi connectivity index (χ4n) is 2.85. The molecule has 1 aliphatic rings. The van der Waals surface area contributed by atoms with Crippen LogP contribution in [0.1, 0.15) is 57.1 Å². The largest absolute Gasteiger partial charge is 0.481 e. The number of aliphatic carboxylic acids is 1. The van der Waals surface area contributed by atoms with Crippen LogP contribution in [0.4, 0.5) is 18.9 Å². The Balaban J connectivity index is 0.000000259. The van der Waals surface area contributed by atoms with E-state index in [0.717, 1.165) is 19.1 Å². The second kappa shape index (κ2) is 12.1. The number of hydrogen-bond acceptors (Lipinski definition) is 2. The van der Waals surface area contributed by atoms with Gasteiger partial charge in [-0.2, -0.15) is 13.2 Å². The minimum atomic E-state index is -4.21. The van der Waals surface area contributed by atoms with E-state index in [9.17, 15) is 13.2 Å². The highest BCUT2D eigenvalue weighted by Crippen LogP contribution is 2.28. The molecule has 1 fully saturated rings. The summed E-state index contributed by atoms with van der Waals surface area (Å²) >= 11 is 0. The van der Waals surface area contributed by atoms with Gasteiger partial charge in [0.05, 0.1) is 5.56 Å². The molecule has 1 saturated heterocycles. The predicted octanol–water partition coefficient (Wildman–Crippen LogP) is 6.60. The molecule has 1 N–H and O–H groups in total. The van der Waals surface area contributed by atoms with Crippen molar-refractivity contribution in [3.63, 3.8) is 0 Å². The van der Waals surface area contributed by atoms with E-state index in [4.69, 9.17) is 9.90 Å². The van der Waals surface area contributed by atoms with Gasteiger partial charge in [0.15, 0.2) is 0 Å². The number of piperidine rings is 1. The van der Waals surface area contributed by atoms with Crippen LogP contribution in [0.2, 0.25) is 0 Å². The minimum absolute atomic E-state index is 0.602. The summed E-state index contributed by atoms with van der Waals surface area (Å²) in [5.41, 5.74) is 2.24. The van der Waals surface area contributed by atoms with Crippen molar-refractivity contribution < 1.29 is 23.1 Å². The zero-order chi connectivity index (χ0) is 21.9. The van der Waals surface area contributed by atoms with Crippen LogP contribution in [-0.2, 0) is 11.0 Å². The fraction of sp³-hybridized carbons (Fsp3) is 0.435. The number of alkyl halides is 3. The average molecular weight is 409 g/mol. The molecule has 0 saturated carbocycles. The molecule has 3 nitrogen and oxygen atoms in total. The molecule has 1 heterocycles. The van der Waals surface area contributed by atoms with E-state index in [1.807, 2.05) is 0 Å². The van der Waals surface area contributed by atoms with Crippen LogP contribution < -0.4 is 4.90 Å². The minimum Gasteiger partial charge on any atom is -0.481 e. The molecular weight excluding hydrogens is 379 g/mol. The second-order valence-corrected chi connectivity index (χ2v) is 7.18. The van der Waals surface area contributed by atoms with E-state index >= 15 is 0 Å². The molecule has 2 aromatic carbocycles. The standard InChI is InChI=1S/C14H21N.C7H5F3.C2H4O2/c1-12(2)13-6-8-14(9-7-13)15-10-4-3-5-11-15;8-7(9,10)6-4-2-1-3-5-6;1-2(3)4/h6-9,12H,3-5,10-11H2,1-2H3;1-5H;1H3,(H,3,4). The zero-order valence-electron chi connectivity index (χ0n) is 17.2. The Labute approximate surface area is 171 Å². The summed E-state index contributed by atoms with van der Waals surface area (Å²) in [6.07, 6.45) is -0.0975. The van der Waals surface area contributed by atoms with Crippen molar-refractivity contribution in [1.82, 2.24) is 0 Å². The number of halogens is 3. The zero-order valence-corrected chi connectivity index (χ0v) is 17.2. The molecule has 0 atom stereocenters. The van der Waals surface area contributed by atoms with Crippen LogP contribution in [0.5, 0.6) is 0 Å². The molecule has 0 amide bonds. The third-order valence-electron chi connectivity index (χ3n) is 4.38. The van der Waals surface area contributed by atoms with Crippen molar-refractivity contribution in [3.8, 4) is 0 Å². The van der Waals surface area contributed by atoms with Crippen molar-refractivity contribution in [3.05, 3.63) is 65.7 Å². The number of carbonyl (C=O) groups is 1. The van der Waals surface area contributed by atoms with Crippen molar-refractivity contribution in [2.45, 2.75) is 52.1 Å². The summed E-state index contributed by atoms with van der Waals surface area (Å²) in [6.45, 7) is 8.05. The molecule has 0 unspecified atom stereocenters. The molecule has 0 aromatic heterocycles. The Hall–Kier alpha value is -2.50. The summed E-state index contributed by atoms with van der Waals surface area (Å²) in [4.78, 5) is 11.5. The van der Waals surface area contributed by atoms with Gasteiger partial charge in [-0.05, 0) is 42.9 Å². The Bertz CT molecular complexity index is 703. The van der Waals surface area contributed by atoms with Crippen LogP contribution in [0.25, 0.3) is 0 Å². The molecule has 0 bridgehead atoms. The van der Waals surface area contributed by atoms with Gasteiger partial charge >= 0.3 is 6.18 Å². The summed E-state index contributed by atoms with van der Waals surface area (Å²) in [7, 11) is 0. The molecule has 1 aliphatic heterocycles. The van der Waals surface area contributed by atoms with Crippen LogP contribution in [0, 0.1) is 0 Å². The van der Waals surface area contributed by atoms with Crippen molar-refractivity contribution >= 4 is 11.7 Å². The molecule has 2 aromatic rings. The van der Waals surface area contributed by atoms with Gasteiger partial charge in [0, 0.05) is 25.7 Å². The van der Waals surface area contributed by atoms with Gasteiger partial charge < -0.3 is 10.0 Å². The van der Waals surface area contributed by atoms with E-state index < -0.39 is 17.7 Å². The Morgan fingerprint density at radius 1 is 0.931 bits per heavy atom. The van der Waals surface area contributed by atoms with Gasteiger partial charge in [0.25, 0.3) is 5.97 Å². The lowest BCUT2D eigenvalue weighted by Crippen LogP contribution is -2.29. The van der Waals surface area contributed by atoms with Gasteiger partial charge in [-0.15, -0.1) is 0 Å². The Kier molecular flexibility index (Phi) is 10.3. The highest BCUT2D eigenvalue weighted by atomic mass is 19.4. The molecule has 6 heteroatoms. The van der Waals surface area contributed by atoms with Gasteiger partial charge in [0.1, 0.15) is 0 Å². The molecule has 3 rings (SSSR count). The predicted molar refractivity (Wildman–Crippen MR) is 111 cm³/mol. The maximum Gasteiger partial charge on any atom is 0.416 e. The fourth-order valence-corrected chi connectivity index (χ4v) is 2.85. The average Bonchev–Trinajstić information content (AvgIpc) is 2.69. The smallest absolute Gasteiger partial charge is 0.416 e. The lowest BCUT2D eigenvalue weighted by Gasteiger charge is -2.29. The van der Waals surface area contributed by atoms with Gasteiger partial charge in [0.2, 0.25) is 0 Å². The van der Waals surface area contributed by atoms with Gasteiger partial charge in [-0.3, -0.25) is 4.79 Å². The maximum absolute atomic E-state index is 11.8. The quantitative estimate of drug-likeness (QED) is 0.608. The highest BCUT2D eigenvalue weighted by molar-refractivity contribution is 5.62. The normalized spacial score (nSPS) is 13.7. The van der Waals surface area contributed by atoms with Crippen molar-refractivity contribution in [1.29, 1.82) is 0 Å². The molecular formula is C23H30F3NO2. The number of carboxylic acids is 1. The van der Waals surface area contributed by atoms with Gasteiger partial charge in [-0.25, -0.2) is 0 Å². The number of hydrogen-bond donors (Lipinski definition) is 1. The van der Waals surface area contributed by atoms with E-state index in [-0.39, 0.29) is 0 Å². The Morgan fingerprint density at radius 3 is 1.79 bits per heavy atom. The maximum atomic E-state index is 11.8. The van der Waals surface area contributed by atoms with Crippen molar-refractivity contribution in [2.75, 3.05) is 18.0 Å². The number of nitrogens with zero attached hydrogens (tertiary/aromatic N) is 1. The highest BCUT2D eigenvalue weighted by Gasteiger charge is 2.29. The molecule has 0 spiro atoms. The van der Waals surface area contributed by atoms with E-state index in [0.29, 0.717) is 5.92 Å². The molecule has 0 aliphatic carbocycles. The summed E-state index contributed by atoms with van der Waals surface area (Å²) < 4.78 is 35.4. The SMILES string of the molecule is CC(=O)O.CC(C)c1ccc(N2CCCCC2)cc1.FC(F)(F)c1ccccc1. The van der Waals surface area contributed by atoms with Crippen molar-refractivity contribution in [2.24, 2.45) is 0 Å². The number of anilines is 1. The first-order valence-electron chi connectivity index (χ1n) is 9.78. The number of rotatable bonds is 2. The lowest BCUT2D eigenvalue weighted by atomic mass is 10.0. The lowest BCUT2D eigenvalue weighted by molar-refractivity contribution is -0.137. The van der Waals surface area contributed by atoms with E-state index in [1.165, 1.54) is 55.7 Å². The van der Waals surface area contributed by atoms with E-state index in [2.05, 4.69) is 43.0 Å². The summed E-state index contributed by atoms with van der Waals surface area (Å²) in [6, 6.07) is 15.5. The van der Waals surface area contributed by atoms with Crippen LogP contribution >= 0.6 is 0 Å². The third kappa shape index (κ3) is 10.0. The molecule has 160 valence electrons. The Morgan fingerprint density at radius 2 is 1.41 bits per heavy atom. The summed E-state index contributed by atoms with van der Waals surface area (Å²) in [5.74, 6) is -0.194. The summed E-state index contributed by atoms with van der Waals surface area (Å²) in [5, 5.41) is 7.42. The second-order valence-electron chi connectivity index (χ2n) is 7.18. The first-order chi connectivity index (χ1) is 13.6. The monoisotopic (exact) mass is 409 g/mol. The number of benzene rings is 2. The first kappa shape index (κ1) is 24.5. The molecule has 29 heavy (non-hydrogen) atoms. The first-order valence-corrected chi connectivity index (χ1v) is 9.78. The van der Waals surface area contributed by atoms with E-state index in [1.54, 1.807) is 6.07 Å². The van der Waals surface area contributed by atoms with Crippen LogP contribution in [0.15, 0.2) is 54.6 Å². The van der Waals surface area contributed by atoms with Crippen LogP contribution in [-0.4, -0.2) is 24.2 Å². The topological polar surface area (TPSA) is 40.5 Å².